The zero-order valence-corrected chi connectivity index (χ0v) is 18.8. The minimum Gasteiger partial charge on any atom is -0.359 e. The van der Waals surface area contributed by atoms with Crippen molar-refractivity contribution in [2.75, 3.05) is 36.0 Å². The molecule has 31 heavy (non-hydrogen) atoms. The Morgan fingerprint density at radius 2 is 1.74 bits per heavy atom. The molecule has 6 nitrogen and oxygen atoms in total. The van der Waals surface area contributed by atoms with Gasteiger partial charge in [0.05, 0.1) is 11.4 Å². The molecule has 3 heterocycles. The quantitative estimate of drug-likeness (QED) is 0.734. The van der Waals surface area contributed by atoms with E-state index in [0.29, 0.717) is 43.5 Å². The highest BCUT2D eigenvalue weighted by Crippen LogP contribution is 2.34. The smallest absolute Gasteiger partial charge is 0.246 e. The van der Waals surface area contributed by atoms with Gasteiger partial charge in [-0.05, 0) is 68.0 Å². The first-order valence-electron chi connectivity index (χ1n) is 11.2. The first-order valence-corrected chi connectivity index (χ1v) is 12.7. The first-order chi connectivity index (χ1) is 14.9. The SMILES string of the molecule is CC1Cc2ccccc2N1CC(=O)N1CCc2cc(S(=O)(=O)N3CCCCC3)ccc21. The minimum absolute atomic E-state index is 0.0638. The molecule has 0 aliphatic carbocycles. The molecule has 0 saturated carbocycles. The fourth-order valence-corrected chi connectivity index (χ4v) is 6.72. The van der Waals surface area contributed by atoms with Crippen LogP contribution in [-0.2, 0) is 27.7 Å². The Bertz CT molecular complexity index is 1110. The number of benzene rings is 2. The summed E-state index contributed by atoms with van der Waals surface area (Å²) in [5, 5.41) is 0. The third-order valence-electron chi connectivity index (χ3n) is 6.85. The van der Waals surface area contributed by atoms with E-state index in [2.05, 4.69) is 24.0 Å². The van der Waals surface area contributed by atoms with Crippen LogP contribution in [0.4, 0.5) is 11.4 Å². The molecule has 0 N–H and O–H groups in total. The number of hydrogen-bond acceptors (Lipinski definition) is 4. The van der Waals surface area contributed by atoms with Crippen LogP contribution in [-0.4, -0.2) is 50.9 Å². The maximum atomic E-state index is 13.2. The molecular formula is C24H29N3O3S. The average molecular weight is 440 g/mol. The third kappa shape index (κ3) is 3.64. The second-order valence-electron chi connectivity index (χ2n) is 8.86. The van der Waals surface area contributed by atoms with E-state index >= 15 is 0 Å². The Morgan fingerprint density at radius 3 is 2.55 bits per heavy atom. The van der Waals surface area contributed by atoms with Crippen LogP contribution >= 0.6 is 0 Å². The van der Waals surface area contributed by atoms with Gasteiger partial charge in [-0.25, -0.2) is 8.42 Å². The van der Waals surface area contributed by atoms with Gasteiger partial charge in [0, 0.05) is 37.1 Å². The summed E-state index contributed by atoms with van der Waals surface area (Å²) in [5.74, 6) is 0.0638. The fraction of sp³-hybridized carbons (Fsp3) is 0.458. The van der Waals surface area contributed by atoms with E-state index in [1.54, 1.807) is 16.4 Å². The van der Waals surface area contributed by atoms with E-state index < -0.39 is 10.0 Å². The van der Waals surface area contributed by atoms with Crippen molar-refractivity contribution in [1.82, 2.24) is 4.31 Å². The average Bonchev–Trinajstić information content (AvgIpc) is 3.35. The van der Waals surface area contributed by atoms with Crippen molar-refractivity contribution in [3.8, 4) is 0 Å². The number of sulfonamides is 1. The molecule has 1 saturated heterocycles. The predicted octanol–water partition coefficient (Wildman–Crippen LogP) is 3.20. The number of piperidine rings is 1. The topological polar surface area (TPSA) is 60.9 Å². The lowest BCUT2D eigenvalue weighted by atomic mass is 10.1. The molecule has 0 aromatic heterocycles. The summed E-state index contributed by atoms with van der Waals surface area (Å²) in [7, 11) is -3.46. The van der Waals surface area contributed by atoms with Gasteiger partial charge in [0.15, 0.2) is 0 Å². The van der Waals surface area contributed by atoms with Gasteiger partial charge in [-0.2, -0.15) is 4.31 Å². The summed E-state index contributed by atoms with van der Waals surface area (Å²) in [6, 6.07) is 13.8. The van der Waals surface area contributed by atoms with Crippen LogP contribution < -0.4 is 9.80 Å². The van der Waals surface area contributed by atoms with Crippen molar-refractivity contribution in [2.45, 2.75) is 50.0 Å². The van der Waals surface area contributed by atoms with Gasteiger partial charge in [0.25, 0.3) is 0 Å². The summed E-state index contributed by atoms with van der Waals surface area (Å²) in [5.41, 5.74) is 4.23. The van der Waals surface area contributed by atoms with Crippen LogP contribution in [0.25, 0.3) is 0 Å². The highest BCUT2D eigenvalue weighted by molar-refractivity contribution is 7.89. The summed E-state index contributed by atoms with van der Waals surface area (Å²) in [6.45, 7) is 4.29. The number of fused-ring (bicyclic) bond motifs is 2. The van der Waals surface area contributed by atoms with Gasteiger partial charge in [0.2, 0.25) is 15.9 Å². The number of carbonyl (C=O) groups is 1. The number of hydrogen-bond donors (Lipinski definition) is 0. The molecule has 2 aromatic carbocycles. The van der Waals surface area contributed by atoms with Gasteiger partial charge in [0.1, 0.15) is 0 Å². The normalized spacial score (nSPS) is 21.3. The molecule has 1 amide bonds. The zero-order chi connectivity index (χ0) is 21.6. The molecule has 3 aliphatic rings. The molecule has 0 spiro atoms. The zero-order valence-electron chi connectivity index (χ0n) is 18.0. The van der Waals surface area contributed by atoms with Crippen LogP contribution in [0.15, 0.2) is 47.4 Å². The van der Waals surface area contributed by atoms with Crippen molar-refractivity contribution >= 4 is 27.3 Å². The fourth-order valence-electron chi connectivity index (χ4n) is 5.15. The molecule has 1 fully saturated rings. The number of carbonyl (C=O) groups excluding carboxylic acids is 1. The molecule has 7 heteroatoms. The Labute approximate surface area is 184 Å². The molecule has 0 radical (unpaired) electrons. The number of amides is 1. The van der Waals surface area contributed by atoms with Crippen molar-refractivity contribution in [3.63, 3.8) is 0 Å². The van der Waals surface area contributed by atoms with E-state index in [1.165, 1.54) is 5.56 Å². The number of para-hydroxylation sites is 1. The molecule has 3 aliphatic heterocycles. The minimum atomic E-state index is -3.46. The molecule has 5 rings (SSSR count). The highest BCUT2D eigenvalue weighted by atomic mass is 32.2. The monoisotopic (exact) mass is 439 g/mol. The molecule has 1 unspecified atom stereocenters. The molecule has 1 atom stereocenters. The Kier molecular flexibility index (Phi) is 5.26. The van der Waals surface area contributed by atoms with Crippen LogP contribution in [0.3, 0.4) is 0 Å². The van der Waals surface area contributed by atoms with E-state index in [-0.39, 0.29) is 5.91 Å². The number of nitrogens with zero attached hydrogens (tertiary/aromatic N) is 3. The van der Waals surface area contributed by atoms with E-state index in [0.717, 1.165) is 42.6 Å². The van der Waals surface area contributed by atoms with Crippen LogP contribution in [0, 0.1) is 0 Å². The van der Waals surface area contributed by atoms with E-state index in [9.17, 15) is 13.2 Å². The van der Waals surface area contributed by atoms with Crippen molar-refractivity contribution in [3.05, 3.63) is 53.6 Å². The maximum absolute atomic E-state index is 13.2. The lowest BCUT2D eigenvalue weighted by Gasteiger charge is -2.27. The Balaban J connectivity index is 1.35. The largest absolute Gasteiger partial charge is 0.359 e. The van der Waals surface area contributed by atoms with Gasteiger partial charge in [-0.15, -0.1) is 0 Å². The van der Waals surface area contributed by atoms with Gasteiger partial charge in [-0.1, -0.05) is 24.6 Å². The van der Waals surface area contributed by atoms with Crippen molar-refractivity contribution in [1.29, 1.82) is 0 Å². The summed E-state index contributed by atoms with van der Waals surface area (Å²) in [4.78, 5) is 17.6. The highest BCUT2D eigenvalue weighted by Gasteiger charge is 2.33. The molecule has 2 aromatic rings. The van der Waals surface area contributed by atoms with Crippen LogP contribution in [0.1, 0.15) is 37.3 Å². The maximum Gasteiger partial charge on any atom is 0.246 e. The summed E-state index contributed by atoms with van der Waals surface area (Å²) >= 11 is 0. The number of rotatable bonds is 4. The third-order valence-corrected chi connectivity index (χ3v) is 8.75. The van der Waals surface area contributed by atoms with Crippen molar-refractivity contribution in [2.24, 2.45) is 0 Å². The van der Waals surface area contributed by atoms with Gasteiger partial charge in [-0.3, -0.25) is 4.79 Å². The molecular weight excluding hydrogens is 410 g/mol. The van der Waals surface area contributed by atoms with E-state index in [4.69, 9.17) is 0 Å². The Hall–Kier alpha value is -2.38. The predicted molar refractivity (Wildman–Crippen MR) is 122 cm³/mol. The standard InChI is InChI=1S/C24H29N3O3S/c1-18-15-19-7-3-4-8-22(19)27(18)17-24(28)26-14-11-20-16-21(9-10-23(20)26)31(29,30)25-12-5-2-6-13-25/h3-4,7-10,16,18H,2,5-6,11-15,17H2,1H3. The van der Waals surface area contributed by atoms with E-state index in [1.807, 2.05) is 23.1 Å². The second-order valence-corrected chi connectivity index (χ2v) is 10.8. The lowest BCUT2D eigenvalue weighted by molar-refractivity contribution is -0.117. The molecule has 164 valence electrons. The van der Waals surface area contributed by atoms with Crippen LogP contribution in [0.5, 0.6) is 0 Å². The molecule has 0 bridgehead atoms. The first kappa shape index (κ1) is 20.5. The Morgan fingerprint density at radius 1 is 0.968 bits per heavy atom. The second kappa shape index (κ2) is 7.95. The summed E-state index contributed by atoms with van der Waals surface area (Å²) < 4.78 is 27.6. The summed E-state index contributed by atoms with van der Waals surface area (Å²) in [6.07, 6.45) is 4.58. The van der Waals surface area contributed by atoms with Crippen molar-refractivity contribution < 1.29 is 13.2 Å². The lowest BCUT2D eigenvalue weighted by Crippen LogP contribution is -2.42. The van der Waals surface area contributed by atoms with Crippen LogP contribution in [0.2, 0.25) is 0 Å². The van der Waals surface area contributed by atoms with Gasteiger partial charge < -0.3 is 9.80 Å². The van der Waals surface area contributed by atoms with Gasteiger partial charge >= 0.3 is 0 Å². The number of anilines is 2.